The molecule has 17 heavy (non-hydrogen) atoms. The van der Waals surface area contributed by atoms with Crippen molar-refractivity contribution >= 4 is 5.69 Å². The van der Waals surface area contributed by atoms with Gasteiger partial charge in [-0.15, -0.1) is 0 Å². The smallest absolute Gasteiger partial charge is 0.388 e. The lowest BCUT2D eigenvalue weighted by Gasteiger charge is -2.20. The van der Waals surface area contributed by atoms with Crippen molar-refractivity contribution in [1.82, 2.24) is 0 Å². The predicted octanol–water partition coefficient (Wildman–Crippen LogP) is 3.95. The lowest BCUT2D eigenvalue weighted by molar-refractivity contribution is -0.178. The number of nitrogens with one attached hydrogen (secondary N) is 1. The Labute approximate surface area is 95.6 Å². The van der Waals surface area contributed by atoms with Gasteiger partial charge in [0.25, 0.3) is 6.43 Å². The lowest BCUT2D eigenvalue weighted by Crippen LogP contribution is -2.27. The third-order valence-corrected chi connectivity index (χ3v) is 2.48. The highest BCUT2D eigenvalue weighted by atomic mass is 19.4. The topological polar surface area (TPSA) is 12.0 Å². The Hall–Kier alpha value is -1.33. The normalized spacial score (nSPS) is 13.9. The zero-order valence-electron chi connectivity index (χ0n) is 9.28. The number of hydrogen-bond donors (Lipinski definition) is 1. The molecule has 0 bridgehead atoms. The van der Waals surface area contributed by atoms with Gasteiger partial charge in [-0.3, -0.25) is 0 Å². The van der Waals surface area contributed by atoms with E-state index < -0.39 is 24.1 Å². The molecule has 1 aromatic carbocycles. The summed E-state index contributed by atoms with van der Waals surface area (Å²) in [5.74, 6) is -2.73. The molecule has 0 aliphatic carbocycles. The number of halogens is 5. The summed E-state index contributed by atoms with van der Waals surface area (Å²) in [4.78, 5) is 0. The highest BCUT2D eigenvalue weighted by Gasteiger charge is 2.46. The van der Waals surface area contributed by atoms with E-state index in [1.807, 2.05) is 0 Å². The average molecular weight is 253 g/mol. The van der Waals surface area contributed by atoms with Crippen molar-refractivity contribution in [2.75, 3.05) is 12.4 Å². The first-order valence-electron chi connectivity index (χ1n) is 4.90. The van der Waals surface area contributed by atoms with Crippen molar-refractivity contribution in [2.24, 2.45) is 0 Å². The molecule has 0 aromatic heterocycles. The first kappa shape index (κ1) is 13.7. The Kier molecular flexibility index (Phi) is 3.95. The number of hydrogen-bond acceptors (Lipinski definition) is 1. The van der Waals surface area contributed by atoms with Gasteiger partial charge in [-0.1, -0.05) is 12.1 Å². The Balaban J connectivity index is 3.17. The number of aryl methyl sites for hydroxylation is 1. The first-order valence-corrected chi connectivity index (χ1v) is 4.90. The molecule has 0 radical (unpaired) electrons. The van der Waals surface area contributed by atoms with E-state index >= 15 is 0 Å². The number of alkyl halides is 5. The quantitative estimate of drug-likeness (QED) is 0.804. The number of benzene rings is 1. The summed E-state index contributed by atoms with van der Waals surface area (Å²) >= 11 is 0. The molecule has 1 rings (SSSR count). The standard InChI is InChI=1S/C11H12F5N/c1-6-5-7(3-4-8(6)17-2)9(10(12)13)11(14,15)16/h3-5,9-10,17H,1-2H3. The van der Waals surface area contributed by atoms with Gasteiger partial charge in [-0.2, -0.15) is 13.2 Å². The van der Waals surface area contributed by atoms with E-state index in [0.29, 0.717) is 11.3 Å². The predicted molar refractivity (Wildman–Crippen MR) is 55.5 cm³/mol. The van der Waals surface area contributed by atoms with Gasteiger partial charge in [0.1, 0.15) is 5.92 Å². The fourth-order valence-corrected chi connectivity index (χ4v) is 1.64. The van der Waals surface area contributed by atoms with Gasteiger partial charge in [0, 0.05) is 12.7 Å². The van der Waals surface area contributed by atoms with Crippen LogP contribution in [0.1, 0.15) is 17.0 Å². The highest BCUT2D eigenvalue weighted by Crippen LogP contribution is 2.40. The van der Waals surface area contributed by atoms with Crippen LogP contribution in [-0.2, 0) is 0 Å². The van der Waals surface area contributed by atoms with Crippen molar-refractivity contribution < 1.29 is 22.0 Å². The Morgan fingerprint density at radius 2 is 1.76 bits per heavy atom. The Morgan fingerprint density at radius 1 is 1.18 bits per heavy atom. The summed E-state index contributed by atoms with van der Waals surface area (Å²) in [7, 11) is 1.61. The summed E-state index contributed by atoms with van der Waals surface area (Å²) < 4.78 is 62.3. The molecule has 1 nitrogen and oxygen atoms in total. The van der Waals surface area contributed by atoms with Crippen LogP contribution in [0.15, 0.2) is 18.2 Å². The van der Waals surface area contributed by atoms with Crippen LogP contribution in [0, 0.1) is 6.92 Å². The molecule has 0 spiro atoms. The van der Waals surface area contributed by atoms with Crippen molar-refractivity contribution in [3.05, 3.63) is 29.3 Å². The van der Waals surface area contributed by atoms with Crippen LogP contribution in [-0.4, -0.2) is 19.6 Å². The van der Waals surface area contributed by atoms with Crippen LogP contribution in [0.25, 0.3) is 0 Å². The van der Waals surface area contributed by atoms with Crippen LogP contribution in [0.2, 0.25) is 0 Å². The zero-order chi connectivity index (χ0) is 13.2. The molecule has 6 heteroatoms. The molecule has 0 amide bonds. The Bertz CT molecular complexity index is 386. The maximum atomic E-state index is 12.5. The van der Waals surface area contributed by atoms with E-state index in [1.54, 1.807) is 14.0 Å². The van der Waals surface area contributed by atoms with E-state index in [0.717, 1.165) is 12.1 Å². The molecule has 96 valence electrons. The van der Waals surface area contributed by atoms with Crippen molar-refractivity contribution in [1.29, 1.82) is 0 Å². The van der Waals surface area contributed by atoms with Crippen LogP contribution >= 0.6 is 0 Å². The van der Waals surface area contributed by atoms with E-state index in [4.69, 9.17) is 0 Å². The molecule has 0 fully saturated rings. The number of anilines is 1. The second-order valence-corrected chi connectivity index (χ2v) is 3.68. The lowest BCUT2D eigenvalue weighted by atomic mass is 9.96. The SMILES string of the molecule is CNc1ccc(C(C(F)F)C(F)(F)F)cc1C. The van der Waals surface area contributed by atoms with Crippen LogP contribution < -0.4 is 5.32 Å². The maximum absolute atomic E-state index is 12.5. The fraction of sp³-hybridized carbons (Fsp3) is 0.455. The second kappa shape index (κ2) is 4.89. The summed E-state index contributed by atoms with van der Waals surface area (Å²) in [6.45, 7) is 1.56. The highest BCUT2D eigenvalue weighted by molar-refractivity contribution is 5.52. The minimum Gasteiger partial charge on any atom is -0.388 e. The molecule has 0 aliphatic heterocycles. The molecular formula is C11H12F5N. The van der Waals surface area contributed by atoms with Gasteiger partial charge in [-0.05, 0) is 24.1 Å². The molecule has 0 saturated heterocycles. The van der Waals surface area contributed by atoms with Gasteiger partial charge >= 0.3 is 6.18 Å². The number of rotatable bonds is 3. The maximum Gasteiger partial charge on any atom is 0.401 e. The van der Waals surface area contributed by atoms with Crippen LogP contribution in [0.4, 0.5) is 27.6 Å². The van der Waals surface area contributed by atoms with Crippen molar-refractivity contribution in [3.63, 3.8) is 0 Å². The van der Waals surface area contributed by atoms with Crippen molar-refractivity contribution in [3.8, 4) is 0 Å². The van der Waals surface area contributed by atoms with Crippen LogP contribution in [0.5, 0.6) is 0 Å². The third kappa shape index (κ3) is 3.08. The molecule has 0 heterocycles. The Morgan fingerprint density at radius 3 is 2.12 bits per heavy atom. The summed E-state index contributed by atoms with van der Waals surface area (Å²) in [5.41, 5.74) is 0.702. The molecular weight excluding hydrogens is 241 g/mol. The van der Waals surface area contributed by atoms with Gasteiger partial charge in [0.05, 0.1) is 0 Å². The zero-order valence-corrected chi connectivity index (χ0v) is 9.28. The second-order valence-electron chi connectivity index (χ2n) is 3.68. The van der Waals surface area contributed by atoms with E-state index in [-0.39, 0.29) is 0 Å². The largest absolute Gasteiger partial charge is 0.401 e. The molecule has 0 saturated carbocycles. The molecule has 0 aliphatic rings. The van der Waals surface area contributed by atoms with E-state index in [2.05, 4.69) is 5.32 Å². The van der Waals surface area contributed by atoms with Crippen molar-refractivity contribution in [2.45, 2.75) is 25.4 Å². The minimum atomic E-state index is -4.94. The van der Waals surface area contributed by atoms with E-state index in [1.165, 1.54) is 6.07 Å². The average Bonchev–Trinajstić information content (AvgIpc) is 2.15. The fourth-order valence-electron chi connectivity index (χ4n) is 1.64. The monoisotopic (exact) mass is 253 g/mol. The summed E-state index contributed by atoms with van der Waals surface area (Å²) in [6.07, 6.45) is -8.41. The molecule has 1 aromatic rings. The van der Waals surface area contributed by atoms with E-state index in [9.17, 15) is 22.0 Å². The van der Waals surface area contributed by atoms with Gasteiger partial charge in [-0.25, -0.2) is 8.78 Å². The summed E-state index contributed by atoms with van der Waals surface area (Å²) in [5, 5.41) is 2.76. The molecule has 1 atom stereocenters. The summed E-state index contributed by atoms with van der Waals surface area (Å²) in [6, 6.07) is 3.57. The molecule has 1 N–H and O–H groups in total. The van der Waals surface area contributed by atoms with Crippen LogP contribution in [0.3, 0.4) is 0 Å². The minimum absolute atomic E-state index is 0.413. The molecule has 1 unspecified atom stereocenters. The third-order valence-electron chi connectivity index (χ3n) is 2.48. The first-order chi connectivity index (χ1) is 7.77. The van der Waals surface area contributed by atoms with Gasteiger partial charge < -0.3 is 5.32 Å². The van der Waals surface area contributed by atoms with Gasteiger partial charge in [0.15, 0.2) is 0 Å². The van der Waals surface area contributed by atoms with Gasteiger partial charge in [0.2, 0.25) is 0 Å².